The Labute approximate surface area is 136 Å². The number of nitrogens with zero attached hydrogens (tertiary/aromatic N) is 2. The third kappa shape index (κ3) is 3.19. The predicted molar refractivity (Wildman–Crippen MR) is 92.0 cm³/mol. The maximum Gasteiger partial charge on any atom is 0.240 e. The van der Waals surface area contributed by atoms with Crippen molar-refractivity contribution in [2.24, 2.45) is 0 Å². The second-order valence-electron chi connectivity index (χ2n) is 5.69. The van der Waals surface area contributed by atoms with Gasteiger partial charge in [0.05, 0.1) is 18.0 Å². The fourth-order valence-electron chi connectivity index (χ4n) is 2.92. The maximum atomic E-state index is 5.27. The average Bonchev–Trinajstić information content (AvgIpc) is 2.98. The van der Waals surface area contributed by atoms with Crippen LogP contribution in [0.25, 0.3) is 10.9 Å². The van der Waals surface area contributed by atoms with Crippen molar-refractivity contribution in [3.05, 3.63) is 53.3 Å². The summed E-state index contributed by atoms with van der Waals surface area (Å²) >= 11 is 0. The van der Waals surface area contributed by atoms with Gasteiger partial charge in [-0.05, 0) is 56.8 Å². The topological polar surface area (TPSA) is 62.8 Å². The summed E-state index contributed by atoms with van der Waals surface area (Å²) in [5.41, 5.74) is 4.37. The summed E-state index contributed by atoms with van der Waals surface area (Å²) in [6.07, 6.45) is 0.990. The summed E-state index contributed by atoms with van der Waals surface area (Å²) in [6, 6.07) is 12.6. The molecule has 1 aromatic carbocycles. The minimum atomic E-state index is 0.251. The van der Waals surface area contributed by atoms with Gasteiger partial charge in [-0.1, -0.05) is 12.1 Å². The molecule has 0 saturated carbocycles. The van der Waals surface area contributed by atoms with Crippen LogP contribution in [0.3, 0.4) is 0 Å². The van der Waals surface area contributed by atoms with Gasteiger partial charge < -0.3 is 10.1 Å². The number of aromatic nitrogens is 3. The van der Waals surface area contributed by atoms with Crippen LogP contribution in [0.5, 0.6) is 5.88 Å². The number of pyridine rings is 1. The molecule has 1 unspecified atom stereocenters. The zero-order valence-electron chi connectivity index (χ0n) is 13.8. The van der Waals surface area contributed by atoms with E-state index in [0.717, 1.165) is 35.3 Å². The van der Waals surface area contributed by atoms with Crippen molar-refractivity contribution in [2.75, 3.05) is 20.7 Å². The second-order valence-corrected chi connectivity index (χ2v) is 5.69. The lowest BCUT2D eigenvalue weighted by molar-refractivity contribution is 0.401. The number of H-pyrrole nitrogens is 1. The fraction of sp³-hybridized carbons (Fsp3) is 0.333. The number of aryl methyl sites for hydroxylation is 1. The normalized spacial score (nSPS) is 12.5. The first kappa shape index (κ1) is 15.5. The Hall–Kier alpha value is -2.40. The number of nitrogens with one attached hydrogen (secondary N) is 2. The second kappa shape index (κ2) is 6.79. The van der Waals surface area contributed by atoms with E-state index < -0.39 is 0 Å². The molecule has 2 aromatic heterocycles. The fourth-order valence-corrected chi connectivity index (χ4v) is 2.92. The van der Waals surface area contributed by atoms with Crippen LogP contribution in [0.1, 0.15) is 29.3 Å². The van der Waals surface area contributed by atoms with Gasteiger partial charge in [0.25, 0.3) is 0 Å². The van der Waals surface area contributed by atoms with Gasteiger partial charge >= 0.3 is 0 Å². The Morgan fingerprint density at radius 1 is 1.26 bits per heavy atom. The Morgan fingerprint density at radius 3 is 2.87 bits per heavy atom. The molecule has 2 N–H and O–H groups in total. The molecule has 0 aliphatic heterocycles. The van der Waals surface area contributed by atoms with Gasteiger partial charge in [0, 0.05) is 17.3 Å². The summed E-state index contributed by atoms with van der Waals surface area (Å²) in [5.74, 6) is 0.882. The van der Waals surface area contributed by atoms with Crippen molar-refractivity contribution in [3.63, 3.8) is 0 Å². The third-order valence-electron chi connectivity index (χ3n) is 4.10. The van der Waals surface area contributed by atoms with Crippen LogP contribution in [0.2, 0.25) is 0 Å². The molecule has 0 aliphatic carbocycles. The van der Waals surface area contributed by atoms with Crippen molar-refractivity contribution in [1.82, 2.24) is 20.5 Å². The Balaban J connectivity index is 2.02. The predicted octanol–water partition coefficient (Wildman–Crippen LogP) is 3.02. The van der Waals surface area contributed by atoms with Gasteiger partial charge in [0.2, 0.25) is 5.88 Å². The molecule has 3 rings (SSSR count). The highest BCUT2D eigenvalue weighted by atomic mass is 16.5. The Bertz CT molecular complexity index is 797. The maximum absolute atomic E-state index is 5.27. The summed E-state index contributed by atoms with van der Waals surface area (Å²) in [5, 5.41) is 11.5. The van der Waals surface area contributed by atoms with Gasteiger partial charge in [-0.3, -0.25) is 10.1 Å². The van der Waals surface area contributed by atoms with Crippen LogP contribution in [0.15, 0.2) is 36.4 Å². The van der Waals surface area contributed by atoms with Crippen molar-refractivity contribution < 1.29 is 4.74 Å². The van der Waals surface area contributed by atoms with E-state index in [1.807, 2.05) is 20.0 Å². The summed E-state index contributed by atoms with van der Waals surface area (Å²) in [7, 11) is 3.61. The number of hydrogen-bond acceptors (Lipinski definition) is 4. The quantitative estimate of drug-likeness (QED) is 0.734. The van der Waals surface area contributed by atoms with E-state index in [2.05, 4.69) is 45.8 Å². The first-order chi connectivity index (χ1) is 11.2. The number of benzene rings is 1. The van der Waals surface area contributed by atoms with Crippen molar-refractivity contribution >= 4 is 10.9 Å². The standard InChI is InChI=1S/C18H22N4O/c1-12-5-4-6-16(20-12)14(9-10-19-2)13-7-8-15-17(11-13)21-22-18(15)23-3/h4-8,11,14,19H,9-10H2,1-3H3,(H,21,22). The number of methoxy groups -OCH3 is 1. The molecule has 0 fully saturated rings. The first-order valence-corrected chi connectivity index (χ1v) is 7.83. The SMILES string of the molecule is CNCCC(c1ccc2c(OC)n[nH]c2c1)c1cccc(C)n1. The number of rotatable bonds is 6. The van der Waals surface area contributed by atoms with E-state index in [0.29, 0.717) is 5.88 Å². The highest BCUT2D eigenvalue weighted by Crippen LogP contribution is 2.31. The summed E-state index contributed by atoms with van der Waals surface area (Å²) in [6.45, 7) is 2.96. The van der Waals surface area contributed by atoms with E-state index in [1.165, 1.54) is 5.56 Å². The van der Waals surface area contributed by atoms with Crippen LogP contribution in [0, 0.1) is 6.92 Å². The van der Waals surface area contributed by atoms with Crippen LogP contribution in [0.4, 0.5) is 0 Å². The van der Waals surface area contributed by atoms with Gasteiger partial charge in [-0.25, -0.2) is 0 Å². The van der Waals surface area contributed by atoms with Crippen molar-refractivity contribution in [2.45, 2.75) is 19.3 Å². The van der Waals surface area contributed by atoms with Crippen LogP contribution < -0.4 is 10.1 Å². The molecule has 1 atom stereocenters. The minimum Gasteiger partial charge on any atom is -0.480 e. The van der Waals surface area contributed by atoms with Gasteiger partial charge in [-0.15, -0.1) is 5.10 Å². The lowest BCUT2D eigenvalue weighted by atomic mass is 9.91. The average molecular weight is 310 g/mol. The molecule has 0 saturated heterocycles. The summed E-state index contributed by atoms with van der Waals surface area (Å²) < 4.78 is 5.27. The van der Waals surface area contributed by atoms with Gasteiger partial charge in [0.15, 0.2) is 0 Å². The van der Waals surface area contributed by atoms with E-state index in [4.69, 9.17) is 9.72 Å². The molecule has 5 heteroatoms. The first-order valence-electron chi connectivity index (χ1n) is 7.83. The molecular weight excluding hydrogens is 288 g/mol. The van der Waals surface area contributed by atoms with Crippen LogP contribution in [-0.2, 0) is 0 Å². The number of fused-ring (bicyclic) bond motifs is 1. The molecule has 0 aliphatic rings. The highest BCUT2D eigenvalue weighted by Gasteiger charge is 2.17. The zero-order chi connectivity index (χ0) is 16.2. The molecule has 2 heterocycles. The molecule has 5 nitrogen and oxygen atoms in total. The molecule has 0 amide bonds. The zero-order valence-corrected chi connectivity index (χ0v) is 13.8. The van der Waals surface area contributed by atoms with E-state index in [1.54, 1.807) is 7.11 Å². The smallest absolute Gasteiger partial charge is 0.240 e. The number of hydrogen-bond donors (Lipinski definition) is 2. The lowest BCUT2D eigenvalue weighted by Gasteiger charge is -2.17. The van der Waals surface area contributed by atoms with E-state index >= 15 is 0 Å². The van der Waals surface area contributed by atoms with Crippen molar-refractivity contribution in [1.29, 1.82) is 0 Å². The van der Waals surface area contributed by atoms with Gasteiger partial charge in [0.1, 0.15) is 0 Å². The molecule has 3 aromatic rings. The molecule has 0 spiro atoms. The van der Waals surface area contributed by atoms with Crippen molar-refractivity contribution in [3.8, 4) is 5.88 Å². The molecule has 0 bridgehead atoms. The van der Waals surface area contributed by atoms with Crippen LogP contribution in [-0.4, -0.2) is 35.9 Å². The monoisotopic (exact) mass is 310 g/mol. The minimum absolute atomic E-state index is 0.251. The number of ether oxygens (including phenoxy) is 1. The molecular formula is C18H22N4O. The third-order valence-corrected chi connectivity index (χ3v) is 4.10. The summed E-state index contributed by atoms with van der Waals surface area (Å²) in [4.78, 5) is 4.73. The Kier molecular flexibility index (Phi) is 4.57. The van der Waals surface area contributed by atoms with Crippen LogP contribution >= 0.6 is 0 Å². The highest BCUT2D eigenvalue weighted by molar-refractivity contribution is 5.84. The number of aromatic amines is 1. The largest absolute Gasteiger partial charge is 0.480 e. The Morgan fingerprint density at radius 2 is 2.13 bits per heavy atom. The lowest BCUT2D eigenvalue weighted by Crippen LogP contribution is -2.14. The van der Waals surface area contributed by atoms with Gasteiger partial charge in [-0.2, -0.15) is 0 Å². The van der Waals surface area contributed by atoms with E-state index in [9.17, 15) is 0 Å². The molecule has 120 valence electrons. The molecule has 0 radical (unpaired) electrons. The molecule has 23 heavy (non-hydrogen) atoms. The van der Waals surface area contributed by atoms with E-state index in [-0.39, 0.29) is 5.92 Å².